The van der Waals surface area contributed by atoms with Gasteiger partial charge >= 0.3 is 0 Å². The van der Waals surface area contributed by atoms with Crippen LogP contribution in [0.15, 0.2) is 0 Å². The summed E-state index contributed by atoms with van der Waals surface area (Å²) >= 11 is 0. The maximum absolute atomic E-state index is 9.03. The third-order valence-electron chi connectivity index (χ3n) is 12.7. The van der Waals surface area contributed by atoms with E-state index < -0.39 is 234 Å². The normalized spacial score (nSPS) is 12.9. The van der Waals surface area contributed by atoms with Crippen LogP contribution in [-0.2, 0) is 18.9 Å². The highest BCUT2D eigenvalue weighted by atomic mass is 16.5. The number of hydrogen-bond donors (Lipinski definition) is 28. The standard InChI is InChI=1S/4C10H22O7.C5H12O4/c4*11-1-9(2-12,3-13)7-17-8-10(4-14,5-15)6-16;6-1-5(2-7,3-8)4-9/h4*11-16H,1-8H2;6-9H,1-4H2. The molecule has 0 atom stereocenters. The molecule has 0 saturated carbocycles. The second-order valence-corrected chi connectivity index (χ2v) is 19.9. The molecule has 0 aliphatic rings. The largest absolute Gasteiger partial charge is 0.396 e. The van der Waals surface area contributed by atoms with E-state index in [1.54, 1.807) is 0 Å². The Labute approximate surface area is 448 Å². The third kappa shape index (κ3) is 30.0. The van der Waals surface area contributed by atoms with Gasteiger partial charge in [-0.1, -0.05) is 0 Å². The van der Waals surface area contributed by atoms with Crippen molar-refractivity contribution in [2.75, 3.05) is 238 Å². The van der Waals surface area contributed by atoms with Crippen molar-refractivity contribution >= 4 is 0 Å². The van der Waals surface area contributed by atoms with Crippen molar-refractivity contribution in [3.63, 3.8) is 0 Å². The Bertz CT molecular complexity index is 922. The van der Waals surface area contributed by atoms with Crippen molar-refractivity contribution in [3.8, 4) is 0 Å². The molecule has 0 aromatic heterocycles. The smallest absolute Gasteiger partial charge is 0.0629 e. The van der Waals surface area contributed by atoms with Gasteiger partial charge in [0.1, 0.15) is 0 Å². The fourth-order valence-electron chi connectivity index (χ4n) is 4.53. The molecule has 0 aliphatic heterocycles. The minimum absolute atomic E-state index is 0.141. The zero-order valence-corrected chi connectivity index (χ0v) is 44.1. The second-order valence-electron chi connectivity index (χ2n) is 19.9. The van der Waals surface area contributed by atoms with Crippen LogP contribution in [0.5, 0.6) is 0 Å². The van der Waals surface area contributed by atoms with Crippen molar-refractivity contribution < 1.29 is 162 Å². The second kappa shape index (κ2) is 47.2. The van der Waals surface area contributed by atoms with E-state index in [2.05, 4.69) is 0 Å². The van der Waals surface area contributed by atoms with Crippen LogP contribution >= 0.6 is 0 Å². The molecule has 0 heterocycles. The maximum Gasteiger partial charge on any atom is 0.0629 e. The zero-order chi connectivity index (χ0) is 60.8. The Balaban J connectivity index is -0.000000284. The number of hydrogen-bond acceptors (Lipinski definition) is 32. The summed E-state index contributed by atoms with van der Waals surface area (Å²) in [7, 11) is 0. The first-order valence-electron chi connectivity index (χ1n) is 23.9. The van der Waals surface area contributed by atoms with E-state index >= 15 is 0 Å². The topological polar surface area (TPSA) is 603 Å². The van der Waals surface area contributed by atoms with Gasteiger partial charge in [0.05, 0.1) is 287 Å². The number of aliphatic hydroxyl groups excluding tert-OH is 28. The summed E-state index contributed by atoms with van der Waals surface area (Å²) in [6.45, 7) is -13.6. The minimum Gasteiger partial charge on any atom is -0.396 e. The fraction of sp³-hybridized carbons (Fsp3) is 1.00. The first kappa shape index (κ1) is 84.5. The van der Waals surface area contributed by atoms with E-state index in [4.69, 9.17) is 162 Å². The SMILES string of the molecule is OCC(CO)(CO)CO.OCC(CO)(CO)COCC(CO)(CO)CO.OCC(CO)(CO)COCC(CO)(CO)CO.OCC(CO)(CO)COCC(CO)(CO)CO.OCC(CO)(CO)COCC(CO)(CO)CO. The van der Waals surface area contributed by atoms with Crippen LogP contribution in [0, 0.1) is 48.7 Å². The molecule has 0 aliphatic carbocycles. The van der Waals surface area contributed by atoms with Gasteiger partial charge in [-0.25, -0.2) is 0 Å². The molecule has 0 bridgehead atoms. The van der Waals surface area contributed by atoms with E-state index in [0.29, 0.717) is 0 Å². The molecule has 0 rings (SSSR count). The average molecular weight is 1150 g/mol. The highest BCUT2D eigenvalue weighted by Crippen LogP contribution is 2.24. The fourth-order valence-corrected chi connectivity index (χ4v) is 4.53. The summed E-state index contributed by atoms with van der Waals surface area (Å²) < 4.78 is 20.6. The van der Waals surface area contributed by atoms with Crippen LogP contribution < -0.4 is 0 Å². The molecular weight excluding hydrogens is 1050 g/mol. The molecular formula is C45H100O32. The van der Waals surface area contributed by atoms with Gasteiger partial charge in [-0.2, -0.15) is 0 Å². The monoisotopic (exact) mass is 1150 g/mol. The van der Waals surface area contributed by atoms with Gasteiger partial charge in [0.2, 0.25) is 0 Å². The van der Waals surface area contributed by atoms with Crippen LogP contribution in [0.3, 0.4) is 0 Å². The van der Waals surface area contributed by atoms with Gasteiger partial charge in [-0.05, 0) is 0 Å². The lowest BCUT2D eigenvalue weighted by Crippen LogP contribution is -2.43. The van der Waals surface area contributed by atoms with Crippen molar-refractivity contribution in [1.82, 2.24) is 0 Å². The van der Waals surface area contributed by atoms with E-state index in [-0.39, 0.29) is 52.9 Å². The van der Waals surface area contributed by atoms with Gasteiger partial charge in [-0.15, -0.1) is 0 Å². The van der Waals surface area contributed by atoms with Crippen LogP contribution in [0.2, 0.25) is 0 Å². The molecule has 0 amide bonds. The van der Waals surface area contributed by atoms with E-state index in [1.165, 1.54) is 0 Å². The molecule has 0 spiro atoms. The van der Waals surface area contributed by atoms with Crippen LogP contribution in [-0.4, -0.2) is 381 Å². The molecule has 32 heteroatoms. The summed E-state index contributed by atoms with van der Waals surface area (Å²) in [6, 6.07) is 0. The number of ether oxygens (including phenoxy) is 4. The predicted octanol–water partition coefficient (Wildman–Crippen LogP) is -14.3. The van der Waals surface area contributed by atoms with Crippen LogP contribution in [0.1, 0.15) is 0 Å². The van der Waals surface area contributed by atoms with Gasteiger partial charge < -0.3 is 162 Å². The molecule has 472 valence electrons. The number of rotatable bonds is 44. The highest BCUT2D eigenvalue weighted by Gasteiger charge is 2.37. The van der Waals surface area contributed by atoms with Gasteiger partial charge in [0, 0.05) is 0 Å². The molecule has 28 N–H and O–H groups in total. The van der Waals surface area contributed by atoms with E-state index in [0.717, 1.165) is 0 Å². The molecule has 0 radical (unpaired) electrons. The molecule has 32 nitrogen and oxygen atoms in total. The van der Waals surface area contributed by atoms with Crippen LogP contribution in [0.4, 0.5) is 0 Å². The summed E-state index contributed by atoms with van der Waals surface area (Å²) in [5, 5.41) is 251. The van der Waals surface area contributed by atoms with E-state index in [9.17, 15) is 0 Å². The molecule has 77 heavy (non-hydrogen) atoms. The molecule has 0 unspecified atom stereocenters. The summed E-state index contributed by atoms with van der Waals surface area (Å²) in [6.07, 6.45) is 0. The van der Waals surface area contributed by atoms with Crippen LogP contribution in [0.25, 0.3) is 0 Å². The van der Waals surface area contributed by atoms with Gasteiger partial charge in [-0.3, -0.25) is 0 Å². The average Bonchev–Trinajstić information content (AvgIpc) is 3.50. The third-order valence-corrected chi connectivity index (χ3v) is 12.7. The Kier molecular flexibility index (Phi) is 51.9. The molecule has 0 fully saturated rings. The maximum atomic E-state index is 9.03. The molecule has 0 aromatic carbocycles. The highest BCUT2D eigenvalue weighted by molar-refractivity contribution is 4.84. The zero-order valence-electron chi connectivity index (χ0n) is 44.1. The lowest BCUT2D eigenvalue weighted by Gasteiger charge is -2.31. The summed E-state index contributed by atoms with van der Waals surface area (Å²) in [4.78, 5) is 0. The Morgan fingerprint density at radius 1 is 0.117 bits per heavy atom. The quantitative estimate of drug-likeness (QED) is 0.0269. The molecule has 0 aromatic rings. The lowest BCUT2D eigenvalue weighted by molar-refractivity contribution is -0.103. The molecule has 0 saturated heterocycles. The summed E-state index contributed by atoms with van der Waals surface area (Å²) in [5.74, 6) is 0. The lowest BCUT2D eigenvalue weighted by atomic mass is 9.91. The first-order valence-corrected chi connectivity index (χ1v) is 23.9. The Morgan fingerprint density at radius 3 is 0.221 bits per heavy atom. The van der Waals surface area contributed by atoms with Crippen molar-refractivity contribution in [2.45, 2.75) is 0 Å². The Morgan fingerprint density at radius 2 is 0.182 bits per heavy atom. The first-order chi connectivity index (χ1) is 36.5. The Hall–Kier alpha value is -1.28. The predicted molar refractivity (Wildman–Crippen MR) is 264 cm³/mol. The van der Waals surface area contributed by atoms with Crippen molar-refractivity contribution in [3.05, 3.63) is 0 Å². The van der Waals surface area contributed by atoms with E-state index in [1.807, 2.05) is 0 Å². The number of aliphatic hydroxyl groups is 28. The van der Waals surface area contributed by atoms with Crippen molar-refractivity contribution in [2.24, 2.45) is 48.7 Å². The summed E-state index contributed by atoms with van der Waals surface area (Å²) in [5.41, 5.74) is -10.4. The minimum atomic E-state index is -1.16. The van der Waals surface area contributed by atoms with Crippen molar-refractivity contribution in [1.29, 1.82) is 0 Å². The van der Waals surface area contributed by atoms with Gasteiger partial charge in [0.15, 0.2) is 0 Å². The van der Waals surface area contributed by atoms with Gasteiger partial charge in [0.25, 0.3) is 0 Å².